The number of aliphatic hydroxyl groups is 5. The van der Waals surface area contributed by atoms with E-state index in [0.29, 0.717) is 0 Å². The van der Waals surface area contributed by atoms with Gasteiger partial charge in [0.25, 0.3) is 0 Å². The first kappa shape index (κ1) is 17.4. The highest BCUT2D eigenvalue weighted by Crippen LogP contribution is 2.34. The summed E-state index contributed by atoms with van der Waals surface area (Å²) >= 11 is 0. The van der Waals surface area contributed by atoms with Crippen molar-refractivity contribution in [1.82, 2.24) is 0 Å². The first-order valence-electron chi connectivity index (χ1n) is 7.41. The minimum absolute atomic E-state index is 0.173. The molecule has 10 heteroatoms. The molecule has 0 aromatic carbocycles. The molecule has 10 nitrogen and oxygen atoms in total. The lowest BCUT2D eigenvalue weighted by Crippen LogP contribution is -2.63. The van der Waals surface area contributed by atoms with Crippen LogP contribution in [0, 0.1) is 0 Å². The molecule has 0 aromatic heterocycles. The quantitative estimate of drug-likeness (QED) is 0.347. The summed E-state index contributed by atoms with van der Waals surface area (Å²) in [6.45, 7) is -0.385. The lowest BCUT2D eigenvalue weighted by atomic mass is 9.98. The van der Waals surface area contributed by atoms with E-state index in [1.807, 2.05) is 0 Å². The van der Waals surface area contributed by atoms with E-state index >= 15 is 0 Å². The standard InChI is InChI=1S/C13H22O10/c1-19-11-10-7(16)5(3-20-10)22-13(11)23-9-6(15)4(2-14)21-12(18)8(9)17/h4-18H,2-3H2,1H3/t4-,5+,6+,7-,8-,9+,10-,11+,12+,13+/m1/s1. The molecule has 23 heavy (non-hydrogen) atoms. The predicted molar refractivity (Wildman–Crippen MR) is 70.1 cm³/mol. The Bertz CT molecular complexity index is 408. The summed E-state index contributed by atoms with van der Waals surface area (Å²) in [4.78, 5) is 0. The Morgan fingerprint density at radius 1 is 1.00 bits per heavy atom. The molecule has 134 valence electrons. The van der Waals surface area contributed by atoms with Crippen LogP contribution in [0.15, 0.2) is 0 Å². The molecule has 0 unspecified atom stereocenters. The van der Waals surface area contributed by atoms with Crippen LogP contribution < -0.4 is 0 Å². The monoisotopic (exact) mass is 338 g/mol. The molecule has 3 aliphatic rings. The zero-order valence-corrected chi connectivity index (χ0v) is 12.5. The van der Waals surface area contributed by atoms with Gasteiger partial charge in [-0.3, -0.25) is 0 Å². The summed E-state index contributed by atoms with van der Waals surface area (Å²) in [5.74, 6) is 0. The minimum Gasteiger partial charge on any atom is -0.394 e. The fourth-order valence-corrected chi connectivity index (χ4v) is 3.17. The van der Waals surface area contributed by atoms with Crippen molar-refractivity contribution in [3.8, 4) is 0 Å². The third kappa shape index (κ3) is 3.00. The third-order valence-electron chi connectivity index (χ3n) is 4.48. The number of fused-ring (bicyclic) bond motifs is 2. The maximum absolute atomic E-state index is 10.1. The first-order chi connectivity index (χ1) is 11.0. The first-order valence-corrected chi connectivity index (χ1v) is 7.41. The molecule has 0 amide bonds. The Kier molecular flexibility index (Phi) is 5.18. The number of hydrogen-bond donors (Lipinski definition) is 5. The molecule has 0 saturated carbocycles. The van der Waals surface area contributed by atoms with Crippen LogP contribution in [0.1, 0.15) is 0 Å². The van der Waals surface area contributed by atoms with Gasteiger partial charge in [0.2, 0.25) is 0 Å². The molecule has 10 atom stereocenters. The molecule has 3 rings (SSSR count). The van der Waals surface area contributed by atoms with Gasteiger partial charge in [0.05, 0.1) is 13.2 Å². The van der Waals surface area contributed by atoms with Crippen molar-refractivity contribution in [2.75, 3.05) is 20.3 Å². The van der Waals surface area contributed by atoms with Crippen molar-refractivity contribution >= 4 is 0 Å². The fourth-order valence-electron chi connectivity index (χ4n) is 3.17. The second kappa shape index (κ2) is 6.84. The van der Waals surface area contributed by atoms with E-state index in [0.717, 1.165) is 0 Å². The van der Waals surface area contributed by atoms with Gasteiger partial charge >= 0.3 is 0 Å². The molecule has 0 spiro atoms. The zero-order valence-electron chi connectivity index (χ0n) is 12.5. The van der Waals surface area contributed by atoms with E-state index in [4.69, 9.17) is 23.7 Å². The third-order valence-corrected chi connectivity index (χ3v) is 4.48. The molecule has 0 radical (unpaired) electrons. The lowest BCUT2D eigenvalue weighted by Gasteiger charge is -2.44. The van der Waals surface area contributed by atoms with Crippen molar-refractivity contribution in [2.24, 2.45) is 0 Å². The molecule has 2 bridgehead atoms. The zero-order chi connectivity index (χ0) is 16.7. The predicted octanol–water partition coefficient (Wildman–Crippen LogP) is -3.70. The summed E-state index contributed by atoms with van der Waals surface area (Å²) in [5, 5.41) is 49.0. The van der Waals surface area contributed by atoms with Crippen LogP contribution in [-0.4, -0.2) is 107 Å². The van der Waals surface area contributed by atoms with Gasteiger partial charge in [-0.05, 0) is 0 Å². The number of aliphatic hydroxyl groups excluding tert-OH is 5. The molecular weight excluding hydrogens is 316 g/mol. The summed E-state index contributed by atoms with van der Waals surface area (Å²) in [6.07, 6.45) is -10.9. The van der Waals surface area contributed by atoms with Gasteiger partial charge < -0.3 is 49.2 Å². The Labute approximate surface area is 132 Å². The van der Waals surface area contributed by atoms with Crippen LogP contribution in [0.3, 0.4) is 0 Å². The largest absolute Gasteiger partial charge is 0.394 e. The van der Waals surface area contributed by atoms with Crippen LogP contribution >= 0.6 is 0 Å². The Morgan fingerprint density at radius 3 is 2.39 bits per heavy atom. The number of ether oxygens (including phenoxy) is 5. The van der Waals surface area contributed by atoms with E-state index in [1.54, 1.807) is 0 Å². The van der Waals surface area contributed by atoms with E-state index in [1.165, 1.54) is 7.11 Å². The van der Waals surface area contributed by atoms with Gasteiger partial charge in [-0.2, -0.15) is 0 Å². The second-order valence-electron chi connectivity index (χ2n) is 5.86. The second-order valence-corrected chi connectivity index (χ2v) is 5.86. The van der Waals surface area contributed by atoms with Gasteiger partial charge in [0.15, 0.2) is 12.6 Å². The van der Waals surface area contributed by atoms with E-state index in [9.17, 15) is 25.5 Å². The normalized spacial score (nSPS) is 53.5. The van der Waals surface area contributed by atoms with Gasteiger partial charge in [-0.25, -0.2) is 0 Å². The highest BCUT2D eigenvalue weighted by atomic mass is 16.7. The van der Waals surface area contributed by atoms with Crippen molar-refractivity contribution in [1.29, 1.82) is 0 Å². The average molecular weight is 338 g/mol. The number of methoxy groups -OCH3 is 1. The summed E-state index contributed by atoms with van der Waals surface area (Å²) in [5.41, 5.74) is 0. The van der Waals surface area contributed by atoms with Crippen LogP contribution in [0.2, 0.25) is 0 Å². The summed E-state index contributed by atoms with van der Waals surface area (Å²) < 4.78 is 26.7. The molecular formula is C13H22O10. The smallest absolute Gasteiger partial charge is 0.187 e. The fraction of sp³-hybridized carbons (Fsp3) is 1.00. The Balaban J connectivity index is 1.74. The van der Waals surface area contributed by atoms with Crippen LogP contribution in [0.4, 0.5) is 0 Å². The van der Waals surface area contributed by atoms with Gasteiger partial charge in [0, 0.05) is 7.11 Å². The molecule has 3 heterocycles. The molecule has 0 aliphatic carbocycles. The summed E-state index contributed by atoms with van der Waals surface area (Å²) in [6, 6.07) is 0. The van der Waals surface area contributed by atoms with Gasteiger partial charge in [-0.15, -0.1) is 0 Å². The maximum Gasteiger partial charge on any atom is 0.187 e. The summed E-state index contributed by atoms with van der Waals surface area (Å²) in [7, 11) is 1.39. The Morgan fingerprint density at radius 2 is 1.74 bits per heavy atom. The minimum atomic E-state index is -1.62. The Hall–Kier alpha value is -0.400. The highest BCUT2D eigenvalue weighted by molar-refractivity contribution is 4.97. The molecule has 3 saturated heterocycles. The van der Waals surface area contributed by atoms with Gasteiger partial charge in [0.1, 0.15) is 48.8 Å². The van der Waals surface area contributed by atoms with Crippen LogP contribution in [-0.2, 0) is 23.7 Å². The van der Waals surface area contributed by atoms with Crippen molar-refractivity contribution in [3.05, 3.63) is 0 Å². The molecule has 5 N–H and O–H groups in total. The topological polar surface area (TPSA) is 147 Å². The van der Waals surface area contributed by atoms with Crippen LogP contribution in [0.25, 0.3) is 0 Å². The van der Waals surface area contributed by atoms with Crippen molar-refractivity contribution in [2.45, 2.75) is 61.4 Å². The van der Waals surface area contributed by atoms with E-state index < -0.39 is 68.0 Å². The average Bonchev–Trinajstić information content (AvgIpc) is 2.79. The van der Waals surface area contributed by atoms with Crippen molar-refractivity contribution < 1.29 is 49.2 Å². The molecule has 0 aromatic rings. The SMILES string of the molecule is CO[C@@H]1[C@H](O[C@@H]2[C@@H](O)[C@@H](O)O[C@H](CO)[C@@H]2O)O[C@H]2CO[C@@H]1[C@@H]2O. The van der Waals surface area contributed by atoms with Gasteiger partial charge in [-0.1, -0.05) is 0 Å². The maximum atomic E-state index is 10.1. The highest BCUT2D eigenvalue weighted by Gasteiger charge is 2.54. The van der Waals surface area contributed by atoms with Crippen molar-refractivity contribution in [3.63, 3.8) is 0 Å². The van der Waals surface area contributed by atoms with E-state index in [2.05, 4.69) is 0 Å². The van der Waals surface area contributed by atoms with E-state index in [-0.39, 0.29) is 6.61 Å². The lowest BCUT2D eigenvalue weighted by molar-refractivity contribution is -0.343. The molecule has 3 fully saturated rings. The van der Waals surface area contributed by atoms with Crippen LogP contribution in [0.5, 0.6) is 0 Å². The number of rotatable bonds is 4. The number of hydrogen-bond acceptors (Lipinski definition) is 10. The molecule has 3 aliphatic heterocycles.